The summed E-state index contributed by atoms with van der Waals surface area (Å²) in [5.74, 6) is -1.31. The van der Waals surface area contributed by atoms with Gasteiger partial charge in [-0.15, -0.1) is 0 Å². The number of hydrogen-bond acceptors (Lipinski definition) is 4. The minimum absolute atomic E-state index is 0.133. The zero-order valence-corrected chi connectivity index (χ0v) is 11.3. The van der Waals surface area contributed by atoms with Gasteiger partial charge in [-0.05, 0) is 26.3 Å². The number of likely N-dealkylation sites (tertiary alicyclic amines) is 1. The van der Waals surface area contributed by atoms with Gasteiger partial charge in [-0.1, -0.05) is 0 Å². The van der Waals surface area contributed by atoms with E-state index in [0.29, 0.717) is 26.1 Å². The van der Waals surface area contributed by atoms with Gasteiger partial charge in [-0.3, -0.25) is 14.5 Å². The van der Waals surface area contributed by atoms with Gasteiger partial charge in [0.15, 0.2) is 0 Å². The molecule has 0 unspecified atom stereocenters. The summed E-state index contributed by atoms with van der Waals surface area (Å²) in [7, 11) is 0. The van der Waals surface area contributed by atoms with Crippen LogP contribution in [0.2, 0.25) is 0 Å². The number of amides is 1. The van der Waals surface area contributed by atoms with Gasteiger partial charge in [0.1, 0.15) is 6.54 Å². The Labute approximate surface area is 115 Å². The molecule has 0 aliphatic carbocycles. The van der Waals surface area contributed by atoms with E-state index in [1.165, 1.54) is 0 Å². The Morgan fingerprint density at radius 1 is 1.40 bits per heavy atom. The average molecular weight is 296 g/mol. The van der Waals surface area contributed by atoms with Crippen LogP contribution in [0.1, 0.15) is 19.8 Å². The van der Waals surface area contributed by atoms with Crippen molar-refractivity contribution in [2.24, 2.45) is 5.92 Å². The number of carbonyl (C=O) groups is 2. The maximum absolute atomic E-state index is 12.0. The van der Waals surface area contributed by atoms with Gasteiger partial charge in [0.2, 0.25) is 5.91 Å². The zero-order chi connectivity index (χ0) is 15.2. The standard InChI is InChI=1S/C12H19F3N2O3/c1-2-20-11(19)9-4-3-5-17(6-9)7-10(18)16-8-12(13,14)15/h9H,2-8H2,1H3,(H,16,18)/t9-/m1/s1. The lowest BCUT2D eigenvalue weighted by atomic mass is 9.98. The molecule has 1 saturated heterocycles. The number of halogens is 3. The molecule has 0 bridgehead atoms. The molecule has 0 radical (unpaired) electrons. The second kappa shape index (κ2) is 7.47. The molecule has 5 nitrogen and oxygen atoms in total. The van der Waals surface area contributed by atoms with E-state index in [4.69, 9.17) is 4.74 Å². The van der Waals surface area contributed by atoms with Crippen molar-refractivity contribution in [3.63, 3.8) is 0 Å². The molecule has 0 aromatic carbocycles. The van der Waals surface area contributed by atoms with E-state index < -0.39 is 18.6 Å². The Kier molecular flexibility index (Phi) is 6.25. The van der Waals surface area contributed by atoms with Crippen LogP contribution in [0.15, 0.2) is 0 Å². The first-order chi connectivity index (χ1) is 9.31. The Morgan fingerprint density at radius 2 is 2.10 bits per heavy atom. The van der Waals surface area contributed by atoms with E-state index in [1.807, 2.05) is 5.32 Å². The maximum atomic E-state index is 12.0. The number of hydrogen-bond donors (Lipinski definition) is 1. The summed E-state index contributed by atoms with van der Waals surface area (Å²) < 4.78 is 40.8. The normalized spacial score (nSPS) is 20.5. The van der Waals surface area contributed by atoms with Crippen LogP contribution in [0, 0.1) is 5.92 Å². The van der Waals surface area contributed by atoms with Crippen molar-refractivity contribution < 1.29 is 27.5 Å². The largest absolute Gasteiger partial charge is 0.466 e. The molecule has 1 aliphatic heterocycles. The van der Waals surface area contributed by atoms with Crippen LogP contribution in [0.3, 0.4) is 0 Å². The molecule has 20 heavy (non-hydrogen) atoms. The monoisotopic (exact) mass is 296 g/mol. The quantitative estimate of drug-likeness (QED) is 0.767. The lowest BCUT2D eigenvalue weighted by molar-refractivity contribution is -0.150. The number of ether oxygens (including phenoxy) is 1. The summed E-state index contributed by atoms with van der Waals surface area (Å²) in [6.45, 7) is 1.48. The highest BCUT2D eigenvalue weighted by molar-refractivity contribution is 5.78. The van der Waals surface area contributed by atoms with Crippen LogP contribution in [0.25, 0.3) is 0 Å². The molecule has 8 heteroatoms. The predicted octanol–water partition coefficient (Wildman–Crippen LogP) is 0.940. The molecule has 1 heterocycles. The van der Waals surface area contributed by atoms with E-state index in [9.17, 15) is 22.8 Å². The second-order valence-electron chi connectivity index (χ2n) is 4.72. The Bertz CT molecular complexity index is 347. The highest BCUT2D eigenvalue weighted by atomic mass is 19.4. The highest BCUT2D eigenvalue weighted by Gasteiger charge is 2.30. The summed E-state index contributed by atoms with van der Waals surface area (Å²) in [6, 6.07) is 0. The fourth-order valence-electron chi connectivity index (χ4n) is 2.11. The van der Waals surface area contributed by atoms with Crippen LogP contribution < -0.4 is 5.32 Å². The third-order valence-electron chi connectivity index (χ3n) is 2.98. The van der Waals surface area contributed by atoms with E-state index in [1.54, 1.807) is 11.8 Å². The average Bonchev–Trinajstić information content (AvgIpc) is 2.36. The van der Waals surface area contributed by atoms with Crippen molar-refractivity contribution in [3.8, 4) is 0 Å². The fraction of sp³-hybridized carbons (Fsp3) is 0.833. The number of piperidine rings is 1. The molecule has 1 atom stereocenters. The van der Waals surface area contributed by atoms with Crippen LogP contribution >= 0.6 is 0 Å². The molecule has 1 aliphatic rings. The summed E-state index contributed by atoms with van der Waals surface area (Å²) in [4.78, 5) is 24.7. The third kappa shape index (κ3) is 6.23. The van der Waals surface area contributed by atoms with Crippen molar-refractivity contribution in [2.45, 2.75) is 25.9 Å². The van der Waals surface area contributed by atoms with Crippen molar-refractivity contribution >= 4 is 11.9 Å². The zero-order valence-electron chi connectivity index (χ0n) is 11.3. The number of nitrogens with zero attached hydrogens (tertiary/aromatic N) is 1. The molecule has 1 fully saturated rings. The number of rotatable bonds is 5. The van der Waals surface area contributed by atoms with E-state index in [2.05, 4.69) is 0 Å². The number of esters is 1. The Morgan fingerprint density at radius 3 is 2.70 bits per heavy atom. The van der Waals surface area contributed by atoms with Crippen LogP contribution in [-0.2, 0) is 14.3 Å². The van der Waals surface area contributed by atoms with E-state index in [0.717, 1.165) is 6.42 Å². The SMILES string of the molecule is CCOC(=O)[C@@H]1CCCN(CC(=O)NCC(F)(F)F)C1. The molecule has 0 spiro atoms. The third-order valence-corrected chi connectivity index (χ3v) is 2.98. The van der Waals surface area contributed by atoms with Gasteiger partial charge in [0.25, 0.3) is 0 Å². The number of carbonyl (C=O) groups excluding carboxylic acids is 2. The molecule has 0 saturated carbocycles. The molecule has 116 valence electrons. The first-order valence-corrected chi connectivity index (χ1v) is 6.54. The van der Waals surface area contributed by atoms with Crippen LogP contribution in [0.5, 0.6) is 0 Å². The smallest absolute Gasteiger partial charge is 0.405 e. The number of nitrogens with one attached hydrogen (secondary N) is 1. The van der Waals surface area contributed by atoms with Gasteiger partial charge in [0, 0.05) is 6.54 Å². The van der Waals surface area contributed by atoms with Gasteiger partial charge in [-0.25, -0.2) is 0 Å². The molecule has 1 N–H and O–H groups in total. The molecular formula is C12H19F3N2O3. The van der Waals surface area contributed by atoms with Crippen molar-refractivity contribution in [3.05, 3.63) is 0 Å². The summed E-state index contributed by atoms with van der Waals surface area (Å²) >= 11 is 0. The Balaban J connectivity index is 2.36. The van der Waals surface area contributed by atoms with Crippen molar-refractivity contribution in [1.82, 2.24) is 10.2 Å². The van der Waals surface area contributed by atoms with Crippen LogP contribution in [-0.4, -0.2) is 55.7 Å². The van der Waals surface area contributed by atoms with Gasteiger partial charge < -0.3 is 10.1 Å². The van der Waals surface area contributed by atoms with Crippen LogP contribution in [0.4, 0.5) is 13.2 Å². The summed E-state index contributed by atoms with van der Waals surface area (Å²) in [5.41, 5.74) is 0. The molecule has 0 aromatic rings. The topological polar surface area (TPSA) is 58.6 Å². The molecule has 1 amide bonds. The van der Waals surface area contributed by atoms with Gasteiger partial charge in [0.05, 0.1) is 19.1 Å². The van der Waals surface area contributed by atoms with Crippen molar-refractivity contribution in [2.75, 3.05) is 32.8 Å². The predicted molar refractivity (Wildman–Crippen MR) is 64.9 cm³/mol. The molecule has 0 aromatic heterocycles. The molecular weight excluding hydrogens is 277 g/mol. The number of alkyl halides is 3. The summed E-state index contributed by atoms with van der Waals surface area (Å²) in [6.07, 6.45) is -3.01. The fourth-order valence-corrected chi connectivity index (χ4v) is 2.11. The Hall–Kier alpha value is -1.31. The van der Waals surface area contributed by atoms with E-state index >= 15 is 0 Å². The first-order valence-electron chi connectivity index (χ1n) is 6.54. The lowest BCUT2D eigenvalue weighted by Crippen LogP contribution is -2.46. The highest BCUT2D eigenvalue weighted by Crippen LogP contribution is 2.17. The van der Waals surface area contributed by atoms with Gasteiger partial charge >= 0.3 is 12.1 Å². The lowest BCUT2D eigenvalue weighted by Gasteiger charge is -2.30. The van der Waals surface area contributed by atoms with Crippen molar-refractivity contribution in [1.29, 1.82) is 0 Å². The molecule has 1 rings (SSSR count). The minimum atomic E-state index is -4.41. The summed E-state index contributed by atoms with van der Waals surface area (Å²) in [5, 5.41) is 1.82. The first kappa shape index (κ1) is 16.7. The maximum Gasteiger partial charge on any atom is 0.405 e. The second-order valence-corrected chi connectivity index (χ2v) is 4.72. The van der Waals surface area contributed by atoms with E-state index in [-0.39, 0.29) is 18.4 Å². The minimum Gasteiger partial charge on any atom is -0.466 e. The van der Waals surface area contributed by atoms with Gasteiger partial charge in [-0.2, -0.15) is 13.2 Å².